The molecule has 3 nitrogen and oxygen atoms in total. The zero-order chi connectivity index (χ0) is 15.9. The summed E-state index contributed by atoms with van der Waals surface area (Å²) >= 11 is 0. The van der Waals surface area contributed by atoms with Crippen LogP contribution in [-0.4, -0.2) is 17.0 Å². The molecule has 3 heteroatoms. The molecule has 112 valence electrons. The third kappa shape index (κ3) is 3.77. The van der Waals surface area contributed by atoms with E-state index in [9.17, 15) is 4.79 Å². The van der Waals surface area contributed by atoms with E-state index in [1.54, 1.807) is 12.4 Å². The van der Waals surface area contributed by atoms with Gasteiger partial charge in [-0.05, 0) is 24.3 Å². The topological polar surface area (TPSA) is 42.3 Å². The summed E-state index contributed by atoms with van der Waals surface area (Å²) in [6.07, 6.45) is 3.37. The molecule has 0 fully saturated rings. The summed E-state index contributed by atoms with van der Waals surface area (Å²) in [5.41, 5.74) is 2.16. The van der Waals surface area contributed by atoms with Crippen molar-refractivity contribution in [3.8, 4) is 0 Å². The number of nitrogens with zero attached hydrogens (tertiary/aromatic N) is 2. The van der Waals surface area contributed by atoms with Crippen molar-refractivity contribution < 1.29 is 4.79 Å². The molecule has 0 aliphatic heterocycles. The van der Waals surface area contributed by atoms with E-state index in [0.29, 0.717) is 11.3 Å². The van der Waals surface area contributed by atoms with E-state index < -0.39 is 5.92 Å². The number of rotatable bonds is 5. The lowest BCUT2D eigenvalue weighted by Gasteiger charge is -2.10. The zero-order valence-electron chi connectivity index (χ0n) is 12.5. The van der Waals surface area contributed by atoms with Gasteiger partial charge in [0.05, 0.1) is 17.3 Å². The Kier molecular flexibility index (Phi) is 4.69. The predicted octanol–water partition coefficient (Wildman–Crippen LogP) is 4.45. The van der Waals surface area contributed by atoms with E-state index in [2.05, 4.69) is 9.98 Å². The quantitative estimate of drug-likeness (QED) is 0.516. The minimum absolute atomic E-state index is 0.0102. The van der Waals surface area contributed by atoms with Crippen LogP contribution >= 0.6 is 0 Å². The van der Waals surface area contributed by atoms with Gasteiger partial charge in [0.1, 0.15) is 0 Å². The second-order valence-electron chi connectivity index (χ2n) is 5.08. The monoisotopic (exact) mass is 300 g/mol. The maximum atomic E-state index is 12.8. The summed E-state index contributed by atoms with van der Waals surface area (Å²) in [7, 11) is 0. The summed E-state index contributed by atoms with van der Waals surface area (Å²) in [5.74, 6) is -0.511. The lowest BCUT2D eigenvalue weighted by atomic mass is 9.95. The minimum Gasteiger partial charge on any atom is -0.293 e. The molecule has 0 aliphatic carbocycles. The van der Waals surface area contributed by atoms with E-state index in [0.717, 1.165) is 5.69 Å². The van der Waals surface area contributed by atoms with Crippen molar-refractivity contribution in [1.29, 1.82) is 0 Å². The van der Waals surface area contributed by atoms with Crippen LogP contribution in [0.25, 0.3) is 0 Å². The second-order valence-corrected chi connectivity index (χ2v) is 5.08. The molecule has 0 bridgehead atoms. The molecule has 0 radical (unpaired) electrons. The molecule has 0 saturated carbocycles. The van der Waals surface area contributed by atoms with Crippen molar-refractivity contribution in [2.24, 2.45) is 4.99 Å². The number of ketones is 1. The average Bonchev–Trinajstić information content (AvgIpc) is 2.64. The zero-order valence-corrected chi connectivity index (χ0v) is 12.5. The number of aliphatic imine (C=N–C) groups is 1. The normalized spacial score (nSPS) is 12.2. The number of pyridine rings is 1. The first-order valence-electron chi connectivity index (χ1n) is 7.44. The number of Topliss-reactive ketones (excluding diaryl/α,β-unsaturated/α-hetero) is 1. The molecule has 3 rings (SSSR count). The fraction of sp³-hybridized carbons (Fsp3) is 0.0500. The molecule has 3 aromatic rings. The first-order chi connectivity index (χ1) is 11.3. The first-order valence-corrected chi connectivity index (χ1v) is 7.44. The van der Waals surface area contributed by atoms with Gasteiger partial charge in [0.25, 0.3) is 0 Å². The van der Waals surface area contributed by atoms with Crippen molar-refractivity contribution in [3.05, 3.63) is 96.3 Å². The molecule has 0 saturated heterocycles. The Labute approximate surface area is 135 Å². The van der Waals surface area contributed by atoms with Gasteiger partial charge in [-0.2, -0.15) is 0 Å². The number of carbonyl (C=O) groups excluding carboxylic acids is 1. The third-order valence-corrected chi connectivity index (χ3v) is 3.48. The van der Waals surface area contributed by atoms with Crippen molar-refractivity contribution in [2.75, 3.05) is 0 Å². The lowest BCUT2D eigenvalue weighted by molar-refractivity contribution is 0.0983. The van der Waals surface area contributed by atoms with Gasteiger partial charge in [-0.25, -0.2) is 0 Å². The fourth-order valence-corrected chi connectivity index (χ4v) is 2.29. The maximum Gasteiger partial charge on any atom is 0.177 e. The Hall–Kier alpha value is -3.07. The summed E-state index contributed by atoms with van der Waals surface area (Å²) in [5, 5.41) is 0. The van der Waals surface area contributed by atoms with Crippen molar-refractivity contribution >= 4 is 17.7 Å². The van der Waals surface area contributed by atoms with Crippen LogP contribution in [0, 0.1) is 0 Å². The van der Waals surface area contributed by atoms with Gasteiger partial charge in [-0.15, -0.1) is 0 Å². The second kappa shape index (κ2) is 7.27. The Morgan fingerprint density at radius 2 is 1.52 bits per heavy atom. The standard InChI is InChI=1S/C20H16N2O/c23-20(16-9-3-1-4-10-16)18(19-13-7-8-14-21-19)15-22-17-11-5-2-6-12-17/h1-15,18H. The van der Waals surface area contributed by atoms with Gasteiger partial charge >= 0.3 is 0 Å². The van der Waals surface area contributed by atoms with Crippen molar-refractivity contribution in [1.82, 2.24) is 4.98 Å². The van der Waals surface area contributed by atoms with Crippen LogP contribution in [0.4, 0.5) is 5.69 Å². The Balaban J connectivity index is 1.95. The highest BCUT2D eigenvalue weighted by Crippen LogP contribution is 2.19. The van der Waals surface area contributed by atoms with Crippen molar-refractivity contribution in [3.63, 3.8) is 0 Å². The number of carbonyl (C=O) groups is 1. The Morgan fingerprint density at radius 3 is 2.17 bits per heavy atom. The maximum absolute atomic E-state index is 12.8. The molecule has 0 spiro atoms. The summed E-state index contributed by atoms with van der Waals surface area (Å²) in [6.45, 7) is 0. The molecule has 0 amide bonds. The van der Waals surface area contributed by atoms with Gasteiger partial charge in [-0.1, -0.05) is 54.6 Å². The molecular weight excluding hydrogens is 284 g/mol. The summed E-state index contributed by atoms with van der Waals surface area (Å²) in [6, 6.07) is 24.4. The molecule has 1 aromatic heterocycles. The highest BCUT2D eigenvalue weighted by molar-refractivity contribution is 6.10. The van der Waals surface area contributed by atoms with Gasteiger partial charge < -0.3 is 0 Å². The molecule has 1 atom stereocenters. The smallest absolute Gasteiger partial charge is 0.177 e. The van der Waals surface area contributed by atoms with E-state index in [-0.39, 0.29) is 5.78 Å². The molecule has 0 aliphatic rings. The van der Waals surface area contributed by atoms with Gasteiger partial charge in [-0.3, -0.25) is 14.8 Å². The number of hydrogen-bond donors (Lipinski definition) is 0. The summed E-state index contributed by atoms with van der Waals surface area (Å²) < 4.78 is 0. The molecular formula is C20H16N2O. The lowest BCUT2D eigenvalue weighted by Crippen LogP contribution is -2.15. The van der Waals surface area contributed by atoms with Crippen LogP contribution < -0.4 is 0 Å². The van der Waals surface area contributed by atoms with Crippen LogP contribution in [0.15, 0.2) is 90.1 Å². The van der Waals surface area contributed by atoms with E-state index in [4.69, 9.17) is 0 Å². The minimum atomic E-state index is -0.501. The molecule has 2 aromatic carbocycles. The number of aromatic nitrogens is 1. The molecule has 23 heavy (non-hydrogen) atoms. The first kappa shape index (κ1) is 14.9. The van der Waals surface area contributed by atoms with E-state index in [1.807, 2.05) is 78.9 Å². The third-order valence-electron chi connectivity index (χ3n) is 3.48. The van der Waals surface area contributed by atoms with Crippen molar-refractivity contribution in [2.45, 2.75) is 5.92 Å². The number of benzene rings is 2. The van der Waals surface area contributed by atoms with E-state index in [1.165, 1.54) is 0 Å². The molecule has 1 unspecified atom stereocenters. The van der Waals surface area contributed by atoms with E-state index >= 15 is 0 Å². The van der Waals surface area contributed by atoms with Gasteiger partial charge in [0.15, 0.2) is 5.78 Å². The van der Waals surface area contributed by atoms with Gasteiger partial charge in [0.2, 0.25) is 0 Å². The average molecular weight is 300 g/mol. The van der Waals surface area contributed by atoms with Crippen LogP contribution in [0.5, 0.6) is 0 Å². The predicted molar refractivity (Wildman–Crippen MR) is 92.3 cm³/mol. The number of hydrogen-bond acceptors (Lipinski definition) is 3. The van der Waals surface area contributed by atoms with Crippen LogP contribution in [0.2, 0.25) is 0 Å². The molecule has 1 heterocycles. The summed E-state index contributed by atoms with van der Waals surface area (Å²) in [4.78, 5) is 21.6. The number of para-hydroxylation sites is 1. The Morgan fingerprint density at radius 1 is 0.870 bits per heavy atom. The largest absolute Gasteiger partial charge is 0.293 e. The Bertz CT molecular complexity index is 784. The SMILES string of the molecule is O=C(c1ccccc1)C(C=Nc1ccccc1)c1ccccn1. The fourth-order valence-electron chi connectivity index (χ4n) is 2.29. The highest BCUT2D eigenvalue weighted by Gasteiger charge is 2.21. The highest BCUT2D eigenvalue weighted by atomic mass is 16.1. The molecule has 0 N–H and O–H groups in total. The van der Waals surface area contributed by atoms with Crippen LogP contribution in [0.3, 0.4) is 0 Å². The van der Waals surface area contributed by atoms with Crippen LogP contribution in [0.1, 0.15) is 22.0 Å². The van der Waals surface area contributed by atoms with Gasteiger partial charge in [0, 0.05) is 18.0 Å². The van der Waals surface area contributed by atoms with Crippen LogP contribution in [-0.2, 0) is 0 Å².